The number of amides is 1. The molecule has 1 unspecified atom stereocenters. The Bertz CT molecular complexity index is 221. The monoisotopic (exact) mass is 245 g/mol. The second kappa shape index (κ2) is 10.7. The Kier molecular flexibility index (Phi) is 10.1. The molecule has 0 fully saturated rings. The predicted molar refractivity (Wildman–Crippen MR) is 65.5 cm³/mol. The zero-order valence-electron chi connectivity index (χ0n) is 9.61. The first kappa shape index (κ1) is 15.2. The summed E-state index contributed by atoms with van der Waals surface area (Å²) in [4.78, 5) is 31.8. The van der Waals surface area contributed by atoms with Gasteiger partial charge < -0.3 is 14.9 Å². The number of hydrogen-bond acceptors (Lipinski definition) is 4. The maximum Gasteiger partial charge on any atom is 0.221 e. The predicted octanol–water partition coefficient (Wildman–Crippen LogP) is 1.18. The number of aldehydes is 2. The van der Waals surface area contributed by atoms with Gasteiger partial charge in [0.05, 0.1) is 5.25 Å². The van der Waals surface area contributed by atoms with E-state index in [-0.39, 0.29) is 17.6 Å². The van der Waals surface area contributed by atoms with Crippen molar-refractivity contribution in [3.63, 3.8) is 0 Å². The quantitative estimate of drug-likeness (QED) is 0.464. The van der Waals surface area contributed by atoms with Crippen molar-refractivity contribution in [1.29, 1.82) is 0 Å². The molecule has 0 aliphatic rings. The van der Waals surface area contributed by atoms with Gasteiger partial charge in [0.1, 0.15) is 12.6 Å². The van der Waals surface area contributed by atoms with Crippen molar-refractivity contribution in [2.45, 2.75) is 37.4 Å². The average Bonchev–Trinajstić information content (AvgIpc) is 2.30. The smallest absolute Gasteiger partial charge is 0.221 e. The van der Waals surface area contributed by atoms with Crippen LogP contribution < -0.4 is 5.32 Å². The lowest BCUT2D eigenvalue weighted by Crippen LogP contribution is -2.27. The maximum absolute atomic E-state index is 11.3. The normalized spacial score (nSPS) is 11.8. The number of hydrogen-bond donors (Lipinski definition) is 1. The van der Waals surface area contributed by atoms with E-state index in [0.29, 0.717) is 13.0 Å². The first-order valence-corrected chi connectivity index (χ1v) is 6.71. The van der Waals surface area contributed by atoms with E-state index in [1.165, 1.54) is 11.8 Å². The summed E-state index contributed by atoms with van der Waals surface area (Å²) >= 11 is 1.38. The highest BCUT2D eigenvalue weighted by molar-refractivity contribution is 7.99. The highest BCUT2D eigenvalue weighted by Crippen LogP contribution is 2.07. The van der Waals surface area contributed by atoms with Crippen LogP contribution >= 0.6 is 11.8 Å². The molecule has 0 aliphatic heterocycles. The molecule has 5 heteroatoms. The first-order chi connectivity index (χ1) is 7.74. The van der Waals surface area contributed by atoms with Gasteiger partial charge in [-0.2, -0.15) is 11.8 Å². The van der Waals surface area contributed by atoms with Crippen LogP contribution in [0.25, 0.3) is 0 Å². The van der Waals surface area contributed by atoms with Crippen LogP contribution in [0.5, 0.6) is 0 Å². The minimum absolute atomic E-state index is 0.0816. The molecule has 1 atom stereocenters. The van der Waals surface area contributed by atoms with Gasteiger partial charge in [0.15, 0.2) is 0 Å². The van der Waals surface area contributed by atoms with E-state index in [1.807, 2.05) is 6.26 Å². The largest absolute Gasteiger partial charge is 0.356 e. The lowest BCUT2D eigenvalue weighted by atomic mass is 10.2. The van der Waals surface area contributed by atoms with Gasteiger partial charge in [-0.05, 0) is 19.1 Å². The van der Waals surface area contributed by atoms with Crippen LogP contribution in [-0.4, -0.2) is 36.5 Å². The Labute approximate surface area is 101 Å². The molecule has 1 amide bonds. The number of nitrogens with one attached hydrogen (secondary N) is 1. The average molecular weight is 245 g/mol. The summed E-state index contributed by atoms with van der Waals surface area (Å²) in [6.45, 7) is 0.623. The molecule has 0 rings (SSSR count). The highest BCUT2D eigenvalue weighted by atomic mass is 32.2. The molecule has 0 spiro atoms. The van der Waals surface area contributed by atoms with Crippen molar-refractivity contribution in [3.05, 3.63) is 0 Å². The zero-order valence-corrected chi connectivity index (χ0v) is 10.4. The molecule has 0 saturated heterocycles. The van der Waals surface area contributed by atoms with Crippen LogP contribution in [0.3, 0.4) is 0 Å². The van der Waals surface area contributed by atoms with Gasteiger partial charge in [-0.25, -0.2) is 0 Å². The van der Waals surface area contributed by atoms with E-state index < -0.39 is 0 Å². The van der Waals surface area contributed by atoms with Gasteiger partial charge in [-0.15, -0.1) is 0 Å². The molecule has 4 nitrogen and oxygen atoms in total. The van der Waals surface area contributed by atoms with Gasteiger partial charge in [0.25, 0.3) is 0 Å². The molecule has 0 aliphatic carbocycles. The Morgan fingerprint density at radius 1 is 1.31 bits per heavy atom. The summed E-state index contributed by atoms with van der Waals surface area (Å²) in [6.07, 6.45) is 7.06. The third kappa shape index (κ3) is 8.47. The molecule has 0 saturated carbocycles. The fraction of sp³-hybridized carbons (Fsp3) is 0.727. The Hall–Kier alpha value is -0.840. The summed E-state index contributed by atoms with van der Waals surface area (Å²) in [5.41, 5.74) is 0. The van der Waals surface area contributed by atoms with Gasteiger partial charge in [0.2, 0.25) is 5.91 Å². The lowest BCUT2D eigenvalue weighted by Gasteiger charge is -2.07. The van der Waals surface area contributed by atoms with Gasteiger partial charge >= 0.3 is 0 Å². The van der Waals surface area contributed by atoms with Crippen LogP contribution in [0, 0.1) is 0 Å². The minimum atomic E-state index is -0.241. The number of carbonyl (C=O) groups excluding carboxylic acids is 3. The SMILES string of the molecule is CSC(C=O)CC(=O)NCCCCCC=O. The molecule has 92 valence electrons. The summed E-state index contributed by atoms with van der Waals surface area (Å²) in [7, 11) is 0. The van der Waals surface area contributed by atoms with Gasteiger partial charge in [-0.1, -0.05) is 6.42 Å². The highest BCUT2D eigenvalue weighted by Gasteiger charge is 2.10. The topological polar surface area (TPSA) is 63.2 Å². The first-order valence-electron chi connectivity index (χ1n) is 5.43. The number of carbonyl (C=O) groups is 3. The second-order valence-electron chi connectivity index (χ2n) is 3.48. The Balaban J connectivity index is 3.43. The number of thioether (sulfide) groups is 1. The summed E-state index contributed by atoms with van der Waals surface area (Å²) in [6, 6.07) is 0. The second-order valence-corrected chi connectivity index (χ2v) is 4.56. The molecule has 0 aromatic carbocycles. The Morgan fingerprint density at radius 2 is 2.06 bits per heavy atom. The van der Waals surface area contributed by atoms with Crippen molar-refractivity contribution in [2.24, 2.45) is 0 Å². The van der Waals surface area contributed by atoms with Gasteiger partial charge in [0, 0.05) is 19.4 Å². The van der Waals surface area contributed by atoms with Gasteiger partial charge in [-0.3, -0.25) is 4.79 Å². The lowest BCUT2D eigenvalue weighted by molar-refractivity contribution is -0.122. The molecule has 16 heavy (non-hydrogen) atoms. The summed E-state index contributed by atoms with van der Waals surface area (Å²) in [5.74, 6) is -0.0816. The van der Waals surface area contributed by atoms with E-state index in [9.17, 15) is 14.4 Å². The molecule has 0 aromatic heterocycles. The van der Waals surface area contributed by atoms with Crippen molar-refractivity contribution in [1.82, 2.24) is 5.32 Å². The fourth-order valence-corrected chi connectivity index (χ4v) is 1.63. The third-order valence-corrected chi connectivity index (χ3v) is 3.05. The van der Waals surface area contributed by atoms with E-state index in [2.05, 4.69) is 5.32 Å². The molecule has 1 N–H and O–H groups in total. The molecule has 0 aromatic rings. The van der Waals surface area contributed by atoms with Crippen LogP contribution in [-0.2, 0) is 14.4 Å². The standard InChI is InChI=1S/C11H19NO3S/c1-16-10(9-14)8-11(15)12-6-4-2-3-5-7-13/h7,9-10H,2-6,8H2,1H3,(H,12,15). The van der Waals surface area contributed by atoms with E-state index >= 15 is 0 Å². The van der Waals surface area contributed by atoms with Crippen molar-refractivity contribution in [3.8, 4) is 0 Å². The van der Waals surface area contributed by atoms with Crippen molar-refractivity contribution < 1.29 is 14.4 Å². The van der Waals surface area contributed by atoms with E-state index in [0.717, 1.165) is 31.8 Å². The fourth-order valence-electron chi connectivity index (χ4n) is 1.20. The van der Waals surface area contributed by atoms with Crippen LogP contribution in [0.1, 0.15) is 32.1 Å². The molecular formula is C11H19NO3S. The zero-order chi connectivity index (χ0) is 12.2. The number of rotatable bonds is 10. The molecular weight excluding hydrogens is 226 g/mol. The van der Waals surface area contributed by atoms with Crippen LogP contribution in [0.2, 0.25) is 0 Å². The van der Waals surface area contributed by atoms with Crippen LogP contribution in [0.15, 0.2) is 0 Å². The minimum Gasteiger partial charge on any atom is -0.356 e. The van der Waals surface area contributed by atoms with E-state index in [1.54, 1.807) is 0 Å². The Morgan fingerprint density at radius 3 is 2.62 bits per heavy atom. The third-order valence-electron chi connectivity index (χ3n) is 2.16. The molecule has 0 heterocycles. The molecule has 0 bridgehead atoms. The molecule has 0 radical (unpaired) electrons. The maximum atomic E-state index is 11.3. The number of unbranched alkanes of at least 4 members (excludes halogenated alkanes) is 3. The summed E-state index contributed by atoms with van der Waals surface area (Å²) in [5, 5.41) is 2.52. The van der Waals surface area contributed by atoms with Crippen LogP contribution in [0.4, 0.5) is 0 Å². The van der Waals surface area contributed by atoms with Crippen molar-refractivity contribution in [2.75, 3.05) is 12.8 Å². The van der Waals surface area contributed by atoms with E-state index in [4.69, 9.17) is 0 Å². The summed E-state index contributed by atoms with van der Waals surface area (Å²) < 4.78 is 0. The van der Waals surface area contributed by atoms with Crippen molar-refractivity contribution >= 4 is 30.2 Å².